The fraction of sp³-hybridized carbons (Fsp3) is 0.529. The zero-order valence-electron chi connectivity index (χ0n) is 26.3. The molecular weight excluding hydrogens is 584 g/mol. The van der Waals surface area contributed by atoms with Gasteiger partial charge in [-0.1, -0.05) is 30.7 Å². The maximum Gasteiger partial charge on any atom is 0.426 e. The van der Waals surface area contributed by atoms with Crippen LogP contribution in [0.3, 0.4) is 0 Å². The van der Waals surface area contributed by atoms with Gasteiger partial charge in [0.05, 0.1) is 11.7 Å². The molecule has 4 amide bonds. The van der Waals surface area contributed by atoms with Crippen LogP contribution in [0.15, 0.2) is 48.7 Å². The average Bonchev–Trinajstić information content (AvgIpc) is 3.56. The van der Waals surface area contributed by atoms with Gasteiger partial charge in [-0.3, -0.25) is 9.89 Å². The molecule has 3 saturated heterocycles. The van der Waals surface area contributed by atoms with Crippen molar-refractivity contribution >= 4 is 34.6 Å². The summed E-state index contributed by atoms with van der Waals surface area (Å²) in [6.45, 7) is 5.26. The summed E-state index contributed by atoms with van der Waals surface area (Å²) in [6.07, 6.45) is 8.59. The third kappa shape index (κ3) is 6.82. The van der Waals surface area contributed by atoms with Gasteiger partial charge in [-0.25, -0.2) is 9.59 Å². The number of anilines is 1. The number of hydrogen-bond donors (Lipinski definition) is 3. The van der Waals surface area contributed by atoms with Gasteiger partial charge in [-0.05, 0) is 80.9 Å². The van der Waals surface area contributed by atoms with Crippen molar-refractivity contribution in [2.75, 3.05) is 44.6 Å². The predicted molar refractivity (Wildman–Crippen MR) is 174 cm³/mol. The highest BCUT2D eigenvalue weighted by molar-refractivity contribution is 5.92. The summed E-state index contributed by atoms with van der Waals surface area (Å²) in [5.41, 5.74) is 3.83. The number of rotatable bonds is 7. The Morgan fingerprint density at radius 3 is 2.50 bits per heavy atom. The summed E-state index contributed by atoms with van der Waals surface area (Å²) in [4.78, 5) is 52.1. The molecule has 3 N–H and O–H groups in total. The number of carbonyl (C=O) groups is 3. The number of hydrogen-bond acceptors (Lipinski definition) is 7. The van der Waals surface area contributed by atoms with E-state index in [4.69, 9.17) is 4.84 Å². The van der Waals surface area contributed by atoms with Gasteiger partial charge >= 0.3 is 12.1 Å². The molecule has 0 radical (unpaired) electrons. The van der Waals surface area contributed by atoms with Crippen molar-refractivity contribution in [3.8, 4) is 0 Å². The highest BCUT2D eigenvalue weighted by atomic mass is 16.7. The molecule has 0 spiro atoms. The number of urea groups is 1. The SMILES string of the molecule is O=C(NC(Cc1ccc2[nH]ncc2c1)C(=O)N1CCC(N2CCCCC2)CC1)ON1CCC(N2Cc3ccccc3NC2=O)CC1. The highest BCUT2D eigenvalue weighted by Gasteiger charge is 2.35. The van der Waals surface area contributed by atoms with E-state index in [2.05, 4.69) is 25.7 Å². The average molecular weight is 629 g/mol. The lowest BCUT2D eigenvalue weighted by Crippen LogP contribution is -2.55. The fourth-order valence-electron chi connectivity index (χ4n) is 7.56. The summed E-state index contributed by atoms with van der Waals surface area (Å²) < 4.78 is 0. The number of nitrogens with zero attached hydrogens (tertiary/aromatic N) is 5. The molecule has 3 fully saturated rings. The summed E-state index contributed by atoms with van der Waals surface area (Å²) in [5, 5.41) is 15.6. The Labute approximate surface area is 269 Å². The van der Waals surface area contributed by atoms with Crippen molar-refractivity contribution in [1.82, 2.24) is 35.3 Å². The van der Waals surface area contributed by atoms with E-state index in [1.807, 2.05) is 52.3 Å². The largest absolute Gasteiger partial charge is 0.426 e. The number of amides is 4. The van der Waals surface area contributed by atoms with Crippen molar-refractivity contribution in [3.63, 3.8) is 0 Å². The second-order valence-electron chi connectivity index (χ2n) is 13.1. The van der Waals surface area contributed by atoms with Crippen LogP contribution in [-0.4, -0.2) is 105 Å². The second kappa shape index (κ2) is 13.7. The molecule has 1 aromatic heterocycles. The number of benzene rings is 2. The van der Waals surface area contributed by atoms with Crippen LogP contribution in [0, 0.1) is 0 Å². The summed E-state index contributed by atoms with van der Waals surface area (Å²) in [7, 11) is 0. The smallest absolute Gasteiger partial charge is 0.351 e. The normalized spacial score (nSPS) is 21.1. The van der Waals surface area contributed by atoms with Crippen molar-refractivity contribution < 1.29 is 19.2 Å². The molecule has 5 heterocycles. The summed E-state index contributed by atoms with van der Waals surface area (Å²) >= 11 is 0. The Balaban J connectivity index is 0.960. The number of carbonyl (C=O) groups excluding carboxylic acids is 3. The van der Waals surface area contributed by atoms with Crippen LogP contribution in [-0.2, 0) is 22.6 Å². The van der Waals surface area contributed by atoms with Crippen LogP contribution >= 0.6 is 0 Å². The van der Waals surface area contributed by atoms with Gasteiger partial charge < -0.3 is 30.2 Å². The molecule has 1 atom stereocenters. The Morgan fingerprint density at radius 1 is 0.935 bits per heavy atom. The molecule has 0 saturated carbocycles. The van der Waals surface area contributed by atoms with Crippen LogP contribution in [0.5, 0.6) is 0 Å². The monoisotopic (exact) mass is 628 g/mol. The van der Waals surface area contributed by atoms with Crippen LogP contribution in [0.4, 0.5) is 15.3 Å². The fourth-order valence-corrected chi connectivity index (χ4v) is 7.56. The number of aromatic nitrogens is 2. The van der Waals surface area contributed by atoms with E-state index >= 15 is 0 Å². The van der Waals surface area contributed by atoms with Gasteiger partial charge in [-0.15, -0.1) is 5.06 Å². The predicted octanol–water partition coefficient (Wildman–Crippen LogP) is 4.10. The maximum absolute atomic E-state index is 13.9. The van der Waals surface area contributed by atoms with Gasteiger partial charge in [0.1, 0.15) is 6.04 Å². The summed E-state index contributed by atoms with van der Waals surface area (Å²) in [5.74, 6) is -0.0727. The van der Waals surface area contributed by atoms with E-state index in [1.54, 1.807) is 11.3 Å². The van der Waals surface area contributed by atoms with Crippen molar-refractivity contribution in [3.05, 3.63) is 59.8 Å². The molecule has 46 heavy (non-hydrogen) atoms. The van der Waals surface area contributed by atoms with E-state index in [9.17, 15) is 14.4 Å². The van der Waals surface area contributed by atoms with Crippen LogP contribution < -0.4 is 10.6 Å². The number of nitrogens with one attached hydrogen (secondary N) is 3. The molecule has 244 valence electrons. The maximum atomic E-state index is 13.9. The van der Waals surface area contributed by atoms with Gasteiger partial charge in [0.25, 0.3) is 0 Å². The molecule has 4 aliphatic heterocycles. The van der Waals surface area contributed by atoms with Crippen molar-refractivity contribution in [1.29, 1.82) is 0 Å². The third-order valence-corrected chi connectivity index (χ3v) is 10.2. The van der Waals surface area contributed by atoms with E-state index < -0.39 is 12.1 Å². The molecule has 1 unspecified atom stereocenters. The minimum absolute atomic E-state index is 0.0521. The lowest BCUT2D eigenvalue weighted by Gasteiger charge is -2.41. The first-order valence-corrected chi connectivity index (χ1v) is 16.8. The number of aromatic amines is 1. The Kier molecular flexibility index (Phi) is 9.07. The Morgan fingerprint density at radius 2 is 1.70 bits per heavy atom. The van der Waals surface area contributed by atoms with Gasteiger partial charge in [0.15, 0.2) is 0 Å². The van der Waals surface area contributed by atoms with E-state index in [-0.39, 0.29) is 18.0 Å². The lowest BCUT2D eigenvalue weighted by atomic mass is 9.98. The minimum atomic E-state index is -0.752. The van der Waals surface area contributed by atoms with E-state index in [0.29, 0.717) is 58.0 Å². The molecule has 2 aromatic carbocycles. The topological polar surface area (TPSA) is 126 Å². The number of hydroxylamine groups is 2. The van der Waals surface area contributed by atoms with Crippen LogP contribution in [0.2, 0.25) is 0 Å². The van der Waals surface area contributed by atoms with Crippen molar-refractivity contribution in [2.24, 2.45) is 0 Å². The van der Waals surface area contributed by atoms with Crippen LogP contribution in [0.25, 0.3) is 10.9 Å². The lowest BCUT2D eigenvalue weighted by molar-refractivity contribution is -0.137. The zero-order valence-corrected chi connectivity index (χ0v) is 26.3. The number of para-hydroxylation sites is 1. The minimum Gasteiger partial charge on any atom is -0.351 e. The standard InChI is InChI=1S/C34H44N8O4/c43-32(40-16-10-27(11-17-40)39-14-4-1-5-15-39)31(21-24-8-9-30-26(20-24)22-35-38-30)37-34(45)46-41-18-12-28(13-19-41)42-23-25-6-2-3-7-29(25)36-33(42)44/h2-3,6-9,20,22,27-28,31H,1,4-5,10-19,21,23H2,(H,35,38)(H,36,44)(H,37,45). The molecule has 7 rings (SSSR count). The molecule has 0 aliphatic carbocycles. The number of fused-ring (bicyclic) bond motifs is 2. The Hall–Kier alpha value is -4.16. The number of piperidine rings is 3. The first-order chi connectivity index (χ1) is 22.5. The second-order valence-corrected chi connectivity index (χ2v) is 13.1. The summed E-state index contributed by atoms with van der Waals surface area (Å²) in [6, 6.07) is 13.5. The van der Waals surface area contributed by atoms with Gasteiger partial charge in [-0.2, -0.15) is 5.10 Å². The van der Waals surface area contributed by atoms with Crippen molar-refractivity contribution in [2.45, 2.75) is 76.0 Å². The quantitative estimate of drug-likeness (QED) is 0.360. The Bertz CT molecular complexity index is 1540. The molecule has 3 aromatic rings. The van der Waals surface area contributed by atoms with Gasteiger partial charge in [0, 0.05) is 62.3 Å². The molecule has 0 bridgehead atoms. The third-order valence-electron chi connectivity index (χ3n) is 10.2. The first-order valence-electron chi connectivity index (χ1n) is 16.8. The van der Waals surface area contributed by atoms with E-state index in [0.717, 1.165) is 53.6 Å². The molecular formula is C34H44N8O4. The van der Waals surface area contributed by atoms with E-state index in [1.165, 1.54) is 19.3 Å². The zero-order chi connectivity index (χ0) is 31.5. The number of H-pyrrole nitrogens is 1. The first kappa shape index (κ1) is 30.5. The number of likely N-dealkylation sites (tertiary alicyclic amines) is 2. The highest BCUT2D eigenvalue weighted by Crippen LogP contribution is 2.28. The van der Waals surface area contributed by atoms with Gasteiger partial charge in [0.2, 0.25) is 5.91 Å². The molecule has 12 nitrogen and oxygen atoms in total. The molecule has 12 heteroatoms. The van der Waals surface area contributed by atoms with Crippen LogP contribution in [0.1, 0.15) is 56.1 Å². The molecule has 4 aliphatic rings.